The molecule has 0 atom stereocenters. The molecule has 82 valence electrons. The smallest absolute Gasteiger partial charge is 0.150 e. The lowest BCUT2D eigenvalue weighted by molar-refractivity contribution is 0.112. The van der Waals surface area contributed by atoms with Gasteiger partial charge in [0.25, 0.3) is 0 Å². The van der Waals surface area contributed by atoms with Gasteiger partial charge < -0.3 is 10.6 Å². The molecule has 0 aliphatic heterocycles. The molecule has 2 N–H and O–H groups in total. The largest absolute Gasteiger partial charge is 0.378 e. The van der Waals surface area contributed by atoms with Crippen LogP contribution in [0.1, 0.15) is 15.9 Å². The van der Waals surface area contributed by atoms with Gasteiger partial charge in [0, 0.05) is 25.4 Å². The summed E-state index contributed by atoms with van der Waals surface area (Å²) < 4.78 is 0. The number of carbonyl (C=O) groups excluding carboxylic acids is 1. The first kappa shape index (κ1) is 13.4. The first-order chi connectivity index (χ1) is 7.15. The van der Waals surface area contributed by atoms with Gasteiger partial charge in [-0.05, 0) is 12.6 Å². The van der Waals surface area contributed by atoms with Crippen molar-refractivity contribution in [3.05, 3.63) is 42.0 Å². The molecule has 0 aliphatic rings. The van der Waals surface area contributed by atoms with E-state index in [1.54, 1.807) is 12.1 Å². The Morgan fingerprint density at radius 2 is 1.73 bits per heavy atom. The van der Waals surface area contributed by atoms with E-state index in [9.17, 15) is 4.79 Å². The number of nitrogens with two attached hydrogens (primary N) is 1. The summed E-state index contributed by atoms with van der Waals surface area (Å²) in [7, 11) is 5.38. The highest BCUT2D eigenvalue weighted by Crippen LogP contribution is 2.14. The third kappa shape index (κ3) is 3.95. The van der Waals surface area contributed by atoms with E-state index in [1.165, 1.54) is 7.05 Å². The third-order valence-corrected chi connectivity index (χ3v) is 1.92. The number of hydrogen-bond donors (Lipinski definition) is 1. The predicted octanol–water partition coefficient (Wildman–Crippen LogP) is 1.61. The average Bonchev–Trinajstić information content (AvgIpc) is 2.31. The number of nitrogens with zero attached hydrogens (tertiary/aromatic N) is 1. The van der Waals surface area contributed by atoms with Gasteiger partial charge in [0.15, 0.2) is 0 Å². The van der Waals surface area contributed by atoms with E-state index >= 15 is 0 Å². The second kappa shape index (κ2) is 6.79. The van der Waals surface area contributed by atoms with Crippen molar-refractivity contribution in [2.75, 3.05) is 21.1 Å². The molecule has 0 saturated heterocycles. The van der Waals surface area contributed by atoms with Crippen molar-refractivity contribution in [2.24, 2.45) is 5.73 Å². The summed E-state index contributed by atoms with van der Waals surface area (Å²) in [6.07, 6.45) is 0.836. The molecule has 0 radical (unpaired) electrons. The molecule has 3 nitrogen and oxygen atoms in total. The van der Waals surface area contributed by atoms with Gasteiger partial charge in [-0.15, -0.1) is 0 Å². The molecule has 0 fully saturated rings. The SMILES string of the molecule is C=C(c1ccc(C=O)cc1)N(C)C.CN. The lowest BCUT2D eigenvalue weighted by Crippen LogP contribution is -2.08. The molecule has 0 unspecified atom stereocenters. The van der Waals surface area contributed by atoms with E-state index in [-0.39, 0.29) is 0 Å². The van der Waals surface area contributed by atoms with E-state index in [1.807, 2.05) is 31.1 Å². The standard InChI is InChI=1S/C11H13NO.CH5N/c1-9(12(2)3)11-6-4-10(8-13)5-7-11;1-2/h4-8H,1H2,2-3H3;2H2,1H3. The van der Waals surface area contributed by atoms with Crippen LogP contribution in [-0.4, -0.2) is 32.3 Å². The topological polar surface area (TPSA) is 46.3 Å². The highest BCUT2D eigenvalue weighted by molar-refractivity contribution is 5.76. The first-order valence-corrected chi connectivity index (χ1v) is 4.64. The van der Waals surface area contributed by atoms with Crippen molar-refractivity contribution in [3.8, 4) is 0 Å². The molecule has 0 heterocycles. The quantitative estimate of drug-likeness (QED) is 0.764. The highest BCUT2D eigenvalue weighted by atomic mass is 16.1. The molecular weight excluding hydrogens is 188 g/mol. The van der Waals surface area contributed by atoms with Gasteiger partial charge in [0.2, 0.25) is 0 Å². The van der Waals surface area contributed by atoms with Gasteiger partial charge in [-0.2, -0.15) is 0 Å². The highest BCUT2D eigenvalue weighted by Gasteiger charge is 1.99. The summed E-state index contributed by atoms with van der Waals surface area (Å²) in [5, 5.41) is 0. The molecule has 0 aromatic heterocycles. The van der Waals surface area contributed by atoms with Crippen molar-refractivity contribution in [3.63, 3.8) is 0 Å². The average molecular weight is 206 g/mol. The van der Waals surface area contributed by atoms with E-state index in [0.717, 1.165) is 17.5 Å². The molecular formula is C12H18N2O. The van der Waals surface area contributed by atoms with Gasteiger partial charge in [-0.3, -0.25) is 4.79 Å². The summed E-state index contributed by atoms with van der Waals surface area (Å²) in [5.41, 5.74) is 7.17. The van der Waals surface area contributed by atoms with Crippen LogP contribution >= 0.6 is 0 Å². The fourth-order valence-electron chi connectivity index (χ4n) is 1.01. The fourth-order valence-corrected chi connectivity index (χ4v) is 1.01. The van der Waals surface area contributed by atoms with Crippen LogP contribution in [0.15, 0.2) is 30.8 Å². The first-order valence-electron chi connectivity index (χ1n) is 4.64. The van der Waals surface area contributed by atoms with Crippen LogP contribution in [0.25, 0.3) is 5.70 Å². The molecule has 3 heteroatoms. The van der Waals surface area contributed by atoms with Gasteiger partial charge in [0.05, 0.1) is 0 Å². The zero-order valence-corrected chi connectivity index (χ0v) is 9.53. The summed E-state index contributed by atoms with van der Waals surface area (Å²) in [5.74, 6) is 0. The maximum absolute atomic E-state index is 10.4. The summed E-state index contributed by atoms with van der Waals surface area (Å²) >= 11 is 0. The number of benzene rings is 1. The monoisotopic (exact) mass is 206 g/mol. The van der Waals surface area contributed by atoms with Crippen molar-refractivity contribution < 1.29 is 4.79 Å². The Balaban J connectivity index is 0.000000921. The van der Waals surface area contributed by atoms with Crippen LogP contribution in [0.3, 0.4) is 0 Å². The van der Waals surface area contributed by atoms with E-state index in [4.69, 9.17) is 0 Å². The summed E-state index contributed by atoms with van der Waals surface area (Å²) in [6, 6.07) is 7.37. The van der Waals surface area contributed by atoms with Crippen molar-refractivity contribution >= 4 is 12.0 Å². The number of aldehydes is 1. The molecule has 0 bridgehead atoms. The lowest BCUT2D eigenvalue weighted by Gasteiger charge is -2.15. The summed E-state index contributed by atoms with van der Waals surface area (Å²) in [4.78, 5) is 12.3. The minimum atomic E-state index is 0.690. The van der Waals surface area contributed by atoms with Crippen LogP contribution in [0.5, 0.6) is 0 Å². The van der Waals surface area contributed by atoms with Gasteiger partial charge in [-0.25, -0.2) is 0 Å². The molecule has 0 aliphatic carbocycles. The Kier molecular flexibility index (Phi) is 6.06. The van der Waals surface area contributed by atoms with E-state index in [2.05, 4.69) is 12.3 Å². The molecule has 0 amide bonds. The Morgan fingerprint density at radius 3 is 2.07 bits per heavy atom. The minimum absolute atomic E-state index is 0.690. The summed E-state index contributed by atoms with van der Waals surface area (Å²) in [6.45, 7) is 3.92. The van der Waals surface area contributed by atoms with Crippen LogP contribution in [-0.2, 0) is 0 Å². The molecule has 1 aromatic rings. The minimum Gasteiger partial charge on any atom is -0.378 e. The normalized spacial score (nSPS) is 8.53. The van der Waals surface area contributed by atoms with Crippen molar-refractivity contribution in [1.82, 2.24) is 4.90 Å². The second-order valence-electron chi connectivity index (χ2n) is 3.08. The zero-order valence-electron chi connectivity index (χ0n) is 9.53. The molecule has 1 aromatic carbocycles. The predicted molar refractivity (Wildman–Crippen MR) is 64.7 cm³/mol. The maximum Gasteiger partial charge on any atom is 0.150 e. The Morgan fingerprint density at radius 1 is 1.27 bits per heavy atom. The van der Waals surface area contributed by atoms with E-state index < -0.39 is 0 Å². The van der Waals surface area contributed by atoms with Crippen LogP contribution in [0.2, 0.25) is 0 Å². The Hall–Kier alpha value is -1.61. The van der Waals surface area contributed by atoms with Crippen molar-refractivity contribution in [2.45, 2.75) is 0 Å². The van der Waals surface area contributed by atoms with E-state index in [0.29, 0.717) is 5.56 Å². The van der Waals surface area contributed by atoms with Crippen LogP contribution < -0.4 is 5.73 Å². The number of rotatable bonds is 3. The van der Waals surface area contributed by atoms with Crippen molar-refractivity contribution in [1.29, 1.82) is 0 Å². The number of hydrogen-bond acceptors (Lipinski definition) is 3. The maximum atomic E-state index is 10.4. The Labute approximate surface area is 91.2 Å². The fraction of sp³-hybridized carbons (Fsp3) is 0.250. The number of carbonyl (C=O) groups is 1. The molecule has 0 spiro atoms. The van der Waals surface area contributed by atoms with Crippen LogP contribution in [0.4, 0.5) is 0 Å². The lowest BCUT2D eigenvalue weighted by atomic mass is 10.1. The van der Waals surface area contributed by atoms with Gasteiger partial charge >= 0.3 is 0 Å². The second-order valence-corrected chi connectivity index (χ2v) is 3.08. The van der Waals surface area contributed by atoms with Crippen LogP contribution in [0, 0.1) is 0 Å². The zero-order chi connectivity index (χ0) is 11.8. The molecule has 1 rings (SSSR count). The van der Waals surface area contributed by atoms with Gasteiger partial charge in [-0.1, -0.05) is 30.8 Å². The van der Waals surface area contributed by atoms with Gasteiger partial charge in [0.1, 0.15) is 6.29 Å². The molecule has 15 heavy (non-hydrogen) atoms. The molecule has 0 saturated carbocycles. The third-order valence-electron chi connectivity index (χ3n) is 1.92. The Bertz CT molecular complexity index is 315.